The Labute approximate surface area is 69.5 Å². The summed E-state index contributed by atoms with van der Waals surface area (Å²) in [4.78, 5) is 12.8. The van der Waals surface area contributed by atoms with Crippen molar-refractivity contribution >= 4 is 29.3 Å². The van der Waals surface area contributed by atoms with E-state index < -0.39 is 0 Å². The van der Waals surface area contributed by atoms with Gasteiger partial charge in [0.05, 0.1) is 5.03 Å². The number of nitrogens with zero attached hydrogens (tertiary/aromatic N) is 1. The van der Waals surface area contributed by atoms with Crippen LogP contribution in [0.4, 0.5) is 0 Å². The number of aliphatic imine (C=N–C) groups is 1. The number of halogens is 2. The second kappa shape index (κ2) is 4.51. The Morgan fingerprint density at radius 2 is 2.00 bits per heavy atom. The zero-order valence-electron chi connectivity index (χ0n) is 5.69. The Bertz CT molecular complexity index is 192. The van der Waals surface area contributed by atoms with Gasteiger partial charge in [0.1, 0.15) is 0 Å². The van der Waals surface area contributed by atoms with Crippen molar-refractivity contribution in [1.82, 2.24) is 0 Å². The molecule has 10 heavy (non-hydrogen) atoms. The second-order valence-corrected chi connectivity index (χ2v) is 2.76. The molecule has 0 spiro atoms. The first-order chi connectivity index (χ1) is 4.59. The number of allylic oxidation sites excluding steroid dienone is 1. The SMILES string of the molecule is CC(C)/C(Cl)=C(\Cl)N=C=O. The average Bonchev–Trinajstić information content (AvgIpc) is 1.87. The topological polar surface area (TPSA) is 29.4 Å². The molecule has 0 rings (SSSR count). The summed E-state index contributed by atoms with van der Waals surface area (Å²) in [7, 11) is 0. The molecular formula is C6H7Cl2NO. The third-order valence-corrected chi connectivity index (χ3v) is 1.85. The van der Waals surface area contributed by atoms with E-state index in [9.17, 15) is 4.79 Å². The van der Waals surface area contributed by atoms with E-state index >= 15 is 0 Å². The van der Waals surface area contributed by atoms with Gasteiger partial charge in [-0.15, -0.1) is 0 Å². The summed E-state index contributed by atoms with van der Waals surface area (Å²) in [5.41, 5.74) is 0. The van der Waals surface area contributed by atoms with Crippen molar-refractivity contribution < 1.29 is 4.79 Å². The van der Waals surface area contributed by atoms with E-state index in [1.54, 1.807) is 0 Å². The molecule has 0 fully saturated rings. The van der Waals surface area contributed by atoms with E-state index in [-0.39, 0.29) is 11.1 Å². The monoisotopic (exact) mass is 179 g/mol. The van der Waals surface area contributed by atoms with Crippen molar-refractivity contribution in [1.29, 1.82) is 0 Å². The van der Waals surface area contributed by atoms with Gasteiger partial charge in [0.15, 0.2) is 5.16 Å². The number of hydrogen-bond acceptors (Lipinski definition) is 2. The van der Waals surface area contributed by atoms with Crippen molar-refractivity contribution in [3.05, 3.63) is 10.2 Å². The standard InChI is InChI=1S/C6H7Cl2NO/c1-4(2)5(7)6(8)9-3-10/h4H,1-2H3/b6-5-. The summed E-state index contributed by atoms with van der Waals surface area (Å²) < 4.78 is 0. The Kier molecular flexibility index (Phi) is 4.37. The molecule has 0 aliphatic carbocycles. The molecule has 0 N–H and O–H groups in total. The van der Waals surface area contributed by atoms with Crippen LogP contribution in [0.5, 0.6) is 0 Å². The molecule has 56 valence electrons. The normalized spacial score (nSPS) is 12.5. The Hall–Kier alpha value is -0.300. The zero-order chi connectivity index (χ0) is 8.15. The molecule has 0 aliphatic rings. The summed E-state index contributed by atoms with van der Waals surface area (Å²) in [6, 6.07) is 0. The molecular weight excluding hydrogens is 173 g/mol. The minimum absolute atomic E-state index is 0.0201. The van der Waals surface area contributed by atoms with E-state index in [4.69, 9.17) is 23.2 Å². The highest BCUT2D eigenvalue weighted by molar-refractivity contribution is 6.39. The summed E-state index contributed by atoms with van der Waals surface area (Å²) in [5.74, 6) is 0.0891. The largest absolute Gasteiger partial charge is 0.241 e. The predicted octanol–water partition coefficient (Wildman–Crippen LogP) is 2.62. The van der Waals surface area contributed by atoms with Gasteiger partial charge < -0.3 is 0 Å². The van der Waals surface area contributed by atoms with Crippen molar-refractivity contribution in [3.63, 3.8) is 0 Å². The van der Waals surface area contributed by atoms with Crippen LogP contribution in [0, 0.1) is 5.92 Å². The van der Waals surface area contributed by atoms with Crippen LogP contribution in [-0.4, -0.2) is 6.08 Å². The molecule has 4 heteroatoms. The van der Waals surface area contributed by atoms with Gasteiger partial charge in [0.2, 0.25) is 6.08 Å². The van der Waals surface area contributed by atoms with Gasteiger partial charge >= 0.3 is 0 Å². The molecule has 0 aromatic carbocycles. The molecule has 0 aromatic rings. The molecule has 0 saturated heterocycles. The van der Waals surface area contributed by atoms with Crippen LogP contribution in [0.2, 0.25) is 0 Å². The maximum absolute atomic E-state index is 9.67. The third-order valence-electron chi connectivity index (χ3n) is 0.848. The van der Waals surface area contributed by atoms with Crippen LogP contribution in [0.15, 0.2) is 15.2 Å². The zero-order valence-corrected chi connectivity index (χ0v) is 7.20. The van der Waals surface area contributed by atoms with Crippen LogP contribution in [0.3, 0.4) is 0 Å². The van der Waals surface area contributed by atoms with Gasteiger partial charge in [-0.3, -0.25) is 0 Å². The van der Waals surface area contributed by atoms with E-state index in [0.29, 0.717) is 5.03 Å². The summed E-state index contributed by atoms with van der Waals surface area (Å²) >= 11 is 11.1. The molecule has 0 atom stereocenters. The van der Waals surface area contributed by atoms with Crippen LogP contribution in [0.1, 0.15) is 13.8 Å². The number of isocyanates is 1. The smallest absolute Gasteiger partial charge is 0.211 e. The minimum Gasteiger partial charge on any atom is -0.211 e. The van der Waals surface area contributed by atoms with Gasteiger partial charge in [-0.05, 0) is 5.92 Å². The molecule has 0 saturated carbocycles. The second-order valence-electron chi connectivity index (χ2n) is 2.00. The summed E-state index contributed by atoms with van der Waals surface area (Å²) in [5, 5.41) is 0.400. The Balaban J connectivity index is 4.49. The quantitative estimate of drug-likeness (QED) is 0.364. The van der Waals surface area contributed by atoms with Crippen molar-refractivity contribution in [2.75, 3.05) is 0 Å². The number of hydrogen-bond donors (Lipinski definition) is 0. The Morgan fingerprint density at radius 3 is 2.30 bits per heavy atom. The molecule has 2 nitrogen and oxygen atoms in total. The molecule has 0 amide bonds. The molecule has 0 bridgehead atoms. The van der Waals surface area contributed by atoms with Gasteiger partial charge in [0, 0.05) is 0 Å². The first-order valence-corrected chi connectivity index (χ1v) is 3.48. The highest BCUT2D eigenvalue weighted by Gasteiger charge is 2.04. The van der Waals surface area contributed by atoms with Crippen LogP contribution < -0.4 is 0 Å². The average molecular weight is 180 g/mol. The maximum atomic E-state index is 9.67. The van der Waals surface area contributed by atoms with E-state index in [1.807, 2.05) is 13.8 Å². The van der Waals surface area contributed by atoms with E-state index in [1.165, 1.54) is 6.08 Å². The molecule has 0 aliphatic heterocycles. The van der Waals surface area contributed by atoms with Crippen molar-refractivity contribution in [3.8, 4) is 0 Å². The van der Waals surface area contributed by atoms with Crippen LogP contribution in [-0.2, 0) is 4.79 Å². The lowest BCUT2D eigenvalue weighted by atomic mass is 10.2. The lowest BCUT2D eigenvalue weighted by Gasteiger charge is -2.00. The van der Waals surface area contributed by atoms with Crippen molar-refractivity contribution in [2.24, 2.45) is 10.9 Å². The van der Waals surface area contributed by atoms with Crippen LogP contribution >= 0.6 is 23.2 Å². The molecule has 0 heterocycles. The molecule has 0 aromatic heterocycles. The maximum Gasteiger partial charge on any atom is 0.241 e. The van der Waals surface area contributed by atoms with E-state index in [0.717, 1.165) is 0 Å². The third kappa shape index (κ3) is 3.02. The fourth-order valence-corrected chi connectivity index (χ4v) is 0.627. The minimum atomic E-state index is 0.0201. The summed E-state index contributed by atoms with van der Waals surface area (Å²) in [6.07, 6.45) is 1.30. The highest BCUT2D eigenvalue weighted by atomic mass is 35.5. The van der Waals surface area contributed by atoms with Gasteiger partial charge in [0.25, 0.3) is 0 Å². The number of rotatable bonds is 2. The number of carbonyl (C=O) groups excluding carboxylic acids is 1. The van der Waals surface area contributed by atoms with Crippen molar-refractivity contribution in [2.45, 2.75) is 13.8 Å². The van der Waals surface area contributed by atoms with Crippen LogP contribution in [0.25, 0.3) is 0 Å². The fraction of sp³-hybridized carbons (Fsp3) is 0.500. The molecule has 0 unspecified atom stereocenters. The van der Waals surface area contributed by atoms with Gasteiger partial charge in [-0.1, -0.05) is 37.0 Å². The first-order valence-electron chi connectivity index (χ1n) is 2.72. The van der Waals surface area contributed by atoms with Gasteiger partial charge in [-0.25, -0.2) is 4.79 Å². The Morgan fingerprint density at radius 1 is 1.50 bits per heavy atom. The predicted molar refractivity (Wildman–Crippen MR) is 41.7 cm³/mol. The van der Waals surface area contributed by atoms with Gasteiger partial charge in [-0.2, -0.15) is 4.99 Å². The summed E-state index contributed by atoms with van der Waals surface area (Å²) in [6.45, 7) is 3.70. The lowest BCUT2D eigenvalue weighted by molar-refractivity contribution is 0.565. The fourth-order valence-electron chi connectivity index (χ4n) is 0.332. The highest BCUT2D eigenvalue weighted by Crippen LogP contribution is 2.21. The molecule has 0 radical (unpaired) electrons. The van der Waals surface area contributed by atoms with E-state index in [2.05, 4.69) is 4.99 Å². The first kappa shape index (κ1) is 9.70. The lowest BCUT2D eigenvalue weighted by Crippen LogP contribution is -1.87.